The predicted octanol–water partition coefficient (Wildman–Crippen LogP) is 1.25. The number of ether oxygens (including phenoxy) is 1. The minimum Gasteiger partial charge on any atom is -0.484 e. The van der Waals surface area contributed by atoms with Crippen molar-refractivity contribution in [2.24, 2.45) is 0 Å². The Kier molecular flexibility index (Phi) is 5.21. The molecule has 92 valence electrons. The number of carbonyl (C=O) groups is 1. The molecule has 1 rings (SSSR count). The number of nitriles is 2. The van der Waals surface area contributed by atoms with Crippen molar-refractivity contribution in [2.45, 2.75) is 6.92 Å². The maximum Gasteiger partial charge on any atom is 0.262 e. The molecule has 0 saturated heterocycles. The third-order valence-corrected chi connectivity index (χ3v) is 2.26. The van der Waals surface area contributed by atoms with E-state index >= 15 is 0 Å². The van der Waals surface area contributed by atoms with Crippen LogP contribution >= 0.6 is 0 Å². The Bertz CT molecular complexity index is 466. The van der Waals surface area contributed by atoms with Gasteiger partial charge >= 0.3 is 0 Å². The van der Waals surface area contributed by atoms with Crippen molar-refractivity contribution in [2.75, 3.05) is 19.7 Å². The summed E-state index contributed by atoms with van der Waals surface area (Å²) in [6, 6.07) is 11.0. The molecule has 1 amide bonds. The van der Waals surface area contributed by atoms with Crippen LogP contribution in [0.25, 0.3) is 0 Å². The van der Waals surface area contributed by atoms with Crippen molar-refractivity contribution < 1.29 is 9.53 Å². The van der Waals surface area contributed by atoms with Crippen LogP contribution in [0.2, 0.25) is 0 Å². The molecule has 0 aliphatic heterocycles. The van der Waals surface area contributed by atoms with E-state index in [9.17, 15) is 4.79 Å². The Morgan fingerprint density at radius 3 is 2.28 bits per heavy atom. The number of aryl methyl sites for hydroxylation is 1. The first-order valence-corrected chi connectivity index (χ1v) is 5.38. The van der Waals surface area contributed by atoms with Crippen LogP contribution in [-0.2, 0) is 4.79 Å². The summed E-state index contributed by atoms with van der Waals surface area (Å²) in [5, 5.41) is 17.1. The van der Waals surface area contributed by atoms with Gasteiger partial charge in [0, 0.05) is 0 Å². The quantitative estimate of drug-likeness (QED) is 0.729. The van der Waals surface area contributed by atoms with Gasteiger partial charge in [-0.1, -0.05) is 17.7 Å². The monoisotopic (exact) mass is 243 g/mol. The van der Waals surface area contributed by atoms with Gasteiger partial charge in [0.15, 0.2) is 6.61 Å². The zero-order chi connectivity index (χ0) is 13.4. The highest BCUT2D eigenvalue weighted by molar-refractivity contribution is 5.78. The molecule has 5 heteroatoms. The van der Waals surface area contributed by atoms with Crippen LogP contribution in [0, 0.1) is 29.6 Å². The fraction of sp³-hybridized carbons (Fsp3) is 0.308. The molecular weight excluding hydrogens is 230 g/mol. The Labute approximate surface area is 106 Å². The van der Waals surface area contributed by atoms with Gasteiger partial charge in [-0.3, -0.25) is 4.79 Å². The van der Waals surface area contributed by atoms with Crippen LogP contribution < -0.4 is 4.74 Å². The first kappa shape index (κ1) is 13.5. The Balaban J connectivity index is 2.52. The maximum absolute atomic E-state index is 11.7. The highest BCUT2D eigenvalue weighted by Gasteiger charge is 2.13. The lowest BCUT2D eigenvalue weighted by Gasteiger charge is -2.16. The van der Waals surface area contributed by atoms with Gasteiger partial charge in [-0.15, -0.1) is 0 Å². The van der Waals surface area contributed by atoms with Crippen molar-refractivity contribution >= 4 is 5.91 Å². The molecule has 0 atom stereocenters. The van der Waals surface area contributed by atoms with Crippen molar-refractivity contribution in [1.29, 1.82) is 10.5 Å². The second-order valence-corrected chi connectivity index (χ2v) is 3.67. The molecule has 0 aliphatic rings. The average Bonchev–Trinajstić information content (AvgIpc) is 2.37. The zero-order valence-corrected chi connectivity index (χ0v) is 10.1. The van der Waals surface area contributed by atoms with Crippen LogP contribution in [0.15, 0.2) is 24.3 Å². The van der Waals surface area contributed by atoms with E-state index in [-0.39, 0.29) is 25.6 Å². The van der Waals surface area contributed by atoms with Crippen LogP contribution in [0.3, 0.4) is 0 Å². The van der Waals surface area contributed by atoms with E-state index in [4.69, 9.17) is 15.3 Å². The number of nitrogens with zero attached hydrogens (tertiary/aromatic N) is 3. The summed E-state index contributed by atoms with van der Waals surface area (Å²) in [7, 11) is 0. The summed E-state index contributed by atoms with van der Waals surface area (Å²) in [5.41, 5.74) is 1.10. The molecule has 0 unspecified atom stereocenters. The summed E-state index contributed by atoms with van der Waals surface area (Å²) in [5.74, 6) is 0.210. The molecule has 0 heterocycles. The Morgan fingerprint density at radius 2 is 1.78 bits per heavy atom. The third kappa shape index (κ3) is 4.15. The number of rotatable bonds is 5. The fourth-order valence-corrected chi connectivity index (χ4v) is 1.27. The SMILES string of the molecule is Cc1ccc(OCC(=O)N(CC#N)CC#N)cc1. The molecule has 0 fully saturated rings. The summed E-state index contributed by atoms with van der Waals surface area (Å²) < 4.78 is 5.29. The van der Waals surface area contributed by atoms with Gasteiger partial charge in [-0.05, 0) is 19.1 Å². The average molecular weight is 243 g/mol. The predicted molar refractivity (Wildman–Crippen MR) is 64.5 cm³/mol. The summed E-state index contributed by atoms with van der Waals surface area (Å²) in [6.45, 7) is 1.57. The number of amides is 1. The molecule has 1 aromatic rings. The van der Waals surface area contributed by atoms with Crippen molar-refractivity contribution in [3.63, 3.8) is 0 Å². The standard InChI is InChI=1S/C13H13N3O2/c1-11-2-4-12(5-3-11)18-10-13(17)16(8-6-14)9-7-15/h2-5H,8-10H2,1H3. The number of benzene rings is 1. The van der Waals surface area contributed by atoms with E-state index in [0.717, 1.165) is 10.5 Å². The van der Waals surface area contributed by atoms with Gasteiger partial charge < -0.3 is 9.64 Å². The van der Waals surface area contributed by atoms with E-state index in [2.05, 4.69) is 0 Å². The molecule has 0 aliphatic carbocycles. The van der Waals surface area contributed by atoms with E-state index in [1.54, 1.807) is 12.1 Å². The highest BCUT2D eigenvalue weighted by Crippen LogP contribution is 2.11. The third-order valence-electron chi connectivity index (χ3n) is 2.26. The van der Waals surface area contributed by atoms with Crippen molar-refractivity contribution in [3.05, 3.63) is 29.8 Å². The van der Waals surface area contributed by atoms with Gasteiger partial charge in [0.05, 0.1) is 12.1 Å². The zero-order valence-electron chi connectivity index (χ0n) is 10.1. The van der Waals surface area contributed by atoms with Gasteiger partial charge in [0.1, 0.15) is 18.8 Å². The van der Waals surface area contributed by atoms with E-state index in [1.807, 2.05) is 31.2 Å². The minimum absolute atomic E-state index is 0.107. The van der Waals surface area contributed by atoms with Gasteiger partial charge in [-0.2, -0.15) is 10.5 Å². The van der Waals surface area contributed by atoms with Crippen molar-refractivity contribution in [3.8, 4) is 17.9 Å². The number of hydrogen-bond donors (Lipinski definition) is 0. The normalized spacial score (nSPS) is 9.06. The van der Waals surface area contributed by atoms with Gasteiger partial charge in [0.25, 0.3) is 5.91 Å². The largest absolute Gasteiger partial charge is 0.484 e. The summed E-state index contributed by atoms with van der Waals surface area (Å²) in [6.07, 6.45) is 0. The van der Waals surface area contributed by atoms with E-state index in [0.29, 0.717) is 5.75 Å². The van der Waals surface area contributed by atoms with Crippen LogP contribution in [0.5, 0.6) is 5.75 Å². The lowest BCUT2D eigenvalue weighted by Crippen LogP contribution is -2.35. The summed E-state index contributed by atoms with van der Waals surface area (Å²) >= 11 is 0. The Hall–Kier alpha value is -2.53. The molecule has 0 spiro atoms. The van der Waals surface area contributed by atoms with Gasteiger partial charge in [0.2, 0.25) is 0 Å². The topological polar surface area (TPSA) is 77.1 Å². The molecule has 0 N–H and O–H groups in total. The minimum atomic E-state index is -0.376. The lowest BCUT2D eigenvalue weighted by molar-refractivity contribution is -0.132. The molecule has 0 saturated carbocycles. The highest BCUT2D eigenvalue weighted by atomic mass is 16.5. The van der Waals surface area contributed by atoms with E-state index < -0.39 is 0 Å². The van der Waals surface area contributed by atoms with Crippen LogP contribution in [0.1, 0.15) is 5.56 Å². The number of hydrogen-bond acceptors (Lipinski definition) is 4. The maximum atomic E-state index is 11.7. The lowest BCUT2D eigenvalue weighted by atomic mass is 10.2. The van der Waals surface area contributed by atoms with Crippen LogP contribution in [0.4, 0.5) is 0 Å². The second-order valence-electron chi connectivity index (χ2n) is 3.67. The molecule has 0 radical (unpaired) electrons. The van der Waals surface area contributed by atoms with Crippen LogP contribution in [-0.4, -0.2) is 30.5 Å². The first-order valence-electron chi connectivity index (χ1n) is 5.38. The summed E-state index contributed by atoms with van der Waals surface area (Å²) in [4.78, 5) is 12.8. The fourth-order valence-electron chi connectivity index (χ4n) is 1.27. The first-order chi connectivity index (χ1) is 8.67. The smallest absolute Gasteiger partial charge is 0.262 e. The molecule has 1 aromatic carbocycles. The second kappa shape index (κ2) is 6.93. The molecular formula is C13H13N3O2. The molecule has 0 bridgehead atoms. The van der Waals surface area contributed by atoms with Gasteiger partial charge in [-0.25, -0.2) is 0 Å². The number of carbonyl (C=O) groups excluding carboxylic acids is 1. The van der Waals surface area contributed by atoms with Crippen molar-refractivity contribution in [1.82, 2.24) is 4.90 Å². The molecule has 18 heavy (non-hydrogen) atoms. The Morgan fingerprint density at radius 1 is 1.22 bits per heavy atom. The molecule has 0 aromatic heterocycles. The van der Waals surface area contributed by atoms with E-state index in [1.165, 1.54) is 0 Å². The molecule has 5 nitrogen and oxygen atoms in total.